The number of hydrogen-bond donors (Lipinski definition) is 1. The zero-order valence-electron chi connectivity index (χ0n) is 15.5. The second-order valence-corrected chi connectivity index (χ2v) is 6.79. The molecule has 142 valence electrons. The normalized spacial score (nSPS) is 10.9. The van der Waals surface area contributed by atoms with Crippen LogP contribution in [-0.2, 0) is 19.7 Å². The third kappa shape index (κ3) is 3.92. The van der Waals surface area contributed by atoms with Gasteiger partial charge in [-0.1, -0.05) is 59.2 Å². The second kappa shape index (κ2) is 8.27. The van der Waals surface area contributed by atoms with Crippen molar-refractivity contribution < 1.29 is 4.74 Å². The van der Waals surface area contributed by atoms with Crippen LogP contribution in [0.4, 0.5) is 5.95 Å². The van der Waals surface area contributed by atoms with Gasteiger partial charge in [0.05, 0.1) is 0 Å². The molecular weight excluding hydrogens is 374 g/mol. The SMILES string of the molecule is CCn1nnnc1NCc1c(OCc2ccc(Cl)cc2)ccc2ccccc12. The monoisotopic (exact) mass is 393 g/mol. The number of hydrogen-bond acceptors (Lipinski definition) is 5. The highest BCUT2D eigenvalue weighted by Crippen LogP contribution is 2.29. The van der Waals surface area contributed by atoms with E-state index in [0.717, 1.165) is 27.6 Å². The molecule has 4 rings (SSSR count). The molecule has 0 aliphatic rings. The van der Waals surface area contributed by atoms with Crippen LogP contribution in [-0.4, -0.2) is 20.2 Å². The van der Waals surface area contributed by atoms with Crippen LogP contribution >= 0.6 is 11.6 Å². The van der Waals surface area contributed by atoms with Crippen molar-refractivity contribution in [2.45, 2.75) is 26.6 Å². The molecular formula is C21H20ClN5O. The number of ether oxygens (including phenoxy) is 1. The van der Waals surface area contributed by atoms with Gasteiger partial charge in [0.1, 0.15) is 12.4 Å². The van der Waals surface area contributed by atoms with E-state index in [2.05, 4.69) is 39.0 Å². The van der Waals surface area contributed by atoms with Gasteiger partial charge in [0, 0.05) is 23.7 Å². The molecule has 0 aliphatic carbocycles. The fourth-order valence-corrected chi connectivity index (χ4v) is 3.21. The van der Waals surface area contributed by atoms with Crippen molar-refractivity contribution in [1.82, 2.24) is 20.2 Å². The van der Waals surface area contributed by atoms with E-state index in [4.69, 9.17) is 16.3 Å². The fraction of sp³-hybridized carbons (Fsp3) is 0.190. The molecule has 0 atom stereocenters. The summed E-state index contributed by atoms with van der Waals surface area (Å²) in [5.74, 6) is 1.47. The van der Waals surface area contributed by atoms with Gasteiger partial charge in [-0.2, -0.15) is 0 Å². The van der Waals surface area contributed by atoms with Gasteiger partial charge in [-0.15, -0.1) is 0 Å². The van der Waals surface area contributed by atoms with Crippen molar-refractivity contribution in [1.29, 1.82) is 0 Å². The minimum Gasteiger partial charge on any atom is -0.489 e. The highest BCUT2D eigenvalue weighted by molar-refractivity contribution is 6.30. The number of fused-ring (bicyclic) bond motifs is 1. The minimum absolute atomic E-state index is 0.467. The lowest BCUT2D eigenvalue weighted by molar-refractivity contribution is 0.304. The second-order valence-electron chi connectivity index (χ2n) is 6.35. The molecule has 0 saturated carbocycles. The molecule has 0 saturated heterocycles. The summed E-state index contributed by atoms with van der Waals surface area (Å²) in [4.78, 5) is 0. The Morgan fingerprint density at radius 2 is 1.86 bits per heavy atom. The van der Waals surface area contributed by atoms with Crippen LogP contribution in [0.3, 0.4) is 0 Å². The van der Waals surface area contributed by atoms with Crippen molar-refractivity contribution in [3.63, 3.8) is 0 Å². The molecule has 1 N–H and O–H groups in total. The highest BCUT2D eigenvalue weighted by atomic mass is 35.5. The highest BCUT2D eigenvalue weighted by Gasteiger charge is 2.11. The quantitative estimate of drug-likeness (QED) is 0.493. The van der Waals surface area contributed by atoms with Crippen LogP contribution in [0.5, 0.6) is 5.75 Å². The van der Waals surface area contributed by atoms with Gasteiger partial charge in [0.25, 0.3) is 0 Å². The standard InChI is InChI=1S/C21H20ClN5O/c1-2-27-21(24-25-26-27)23-13-19-18-6-4-3-5-16(18)9-12-20(19)28-14-15-7-10-17(22)11-8-15/h3-12H,2,13-14H2,1H3,(H,23,24,26). The Labute approximate surface area is 168 Å². The van der Waals surface area contributed by atoms with E-state index < -0.39 is 0 Å². The van der Waals surface area contributed by atoms with Gasteiger partial charge < -0.3 is 10.1 Å². The molecule has 0 radical (unpaired) electrons. The van der Waals surface area contributed by atoms with Gasteiger partial charge in [0.15, 0.2) is 0 Å². The first-order valence-corrected chi connectivity index (χ1v) is 9.50. The van der Waals surface area contributed by atoms with E-state index in [9.17, 15) is 0 Å². The summed E-state index contributed by atoms with van der Waals surface area (Å²) in [5, 5.41) is 18.1. The molecule has 28 heavy (non-hydrogen) atoms. The number of aromatic nitrogens is 4. The van der Waals surface area contributed by atoms with Crippen molar-refractivity contribution in [2.24, 2.45) is 0 Å². The lowest BCUT2D eigenvalue weighted by atomic mass is 10.0. The molecule has 3 aromatic carbocycles. The molecule has 7 heteroatoms. The summed E-state index contributed by atoms with van der Waals surface area (Å²) >= 11 is 5.97. The van der Waals surface area contributed by atoms with Crippen LogP contribution < -0.4 is 10.1 Å². The molecule has 0 amide bonds. The number of anilines is 1. The van der Waals surface area contributed by atoms with E-state index in [0.29, 0.717) is 30.7 Å². The zero-order chi connectivity index (χ0) is 19.3. The Kier molecular flexibility index (Phi) is 5.39. The minimum atomic E-state index is 0.467. The number of nitrogens with zero attached hydrogens (tertiary/aromatic N) is 4. The Morgan fingerprint density at radius 1 is 1.04 bits per heavy atom. The summed E-state index contributed by atoms with van der Waals surface area (Å²) in [6.07, 6.45) is 0. The Morgan fingerprint density at radius 3 is 2.68 bits per heavy atom. The first-order valence-electron chi connectivity index (χ1n) is 9.12. The van der Waals surface area contributed by atoms with Crippen molar-refractivity contribution in [3.05, 3.63) is 76.8 Å². The van der Waals surface area contributed by atoms with Crippen LogP contribution in [0.1, 0.15) is 18.1 Å². The van der Waals surface area contributed by atoms with E-state index in [1.54, 1.807) is 4.68 Å². The Bertz CT molecular complexity index is 1080. The molecule has 0 unspecified atom stereocenters. The van der Waals surface area contributed by atoms with Crippen LogP contribution in [0.2, 0.25) is 5.02 Å². The average Bonchev–Trinajstić information content (AvgIpc) is 3.19. The fourth-order valence-electron chi connectivity index (χ4n) is 3.09. The molecule has 0 bridgehead atoms. The number of nitrogens with one attached hydrogen (secondary N) is 1. The summed E-state index contributed by atoms with van der Waals surface area (Å²) in [5.41, 5.74) is 2.13. The summed E-state index contributed by atoms with van der Waals surface area (Å²) in [6, 6.07) is 20.0. The van der Waals surface area contributed by atoms with Gasteiger partial charge in [-0.25, -0.2) is 4.68 Å². The van der Waals surface area contributed by atoms with Crippen molar-refractivity contribution >= 4 is 28.3 Å². The predicted octanol–water partition coefficient (Wildman–Crippen LogP) is 4.69. The largest absolute Gasteiger partial charge is 0.489 e. The smallest absolute Gasteiger partial charge is 0.243 e. The molecule has 1 aromatic heterocycles. The number of rotatable bonds is 7. The van der Waals surface area contributed by atoms with E-state index in [1.807, 2.05) is 49.4 Å². The van der Waals surface area contributed by atoms with Gasteiger partial charge >= 0.3 is 0 Å². The first kappa shape index (κ1) is 18.3. The van der Waals surface area contributed by atoms with E-state index in [1.165, 1.54) is 0 Å². The topological polar surface area (TPSA) is 64.9 Å². The third-order valence-corrected chi connectivity index (χ3v) is 4.81. The summed E-state index contributed by atoms with van der Waals surface area (Å²) < 4.78 is 7.88. The first-order chi connectivity index (χ1) is 13.7. The zero-order valence-corrected chi connectivity index (χ0v) is 16.2. The maximum absolute atomic E-state index is 6.16. The van der Waals surface area contributed by atoms with Crippen LogP contribution in [0.25, 0.3) is 10.8 Å². The molecule has 0 aliphatic heterocycles. The summed E-state index contributed by atoms with van der Waals surface area (Å²) in [7, 11) is 0. The van der Waals surface area contributed by atoms with Gasteiger partial charge in [0.2, 0.25) is 5.95 Å². The van der Waals surface area contributed by atoms with Crippen molar-refractivity contribution in [2.75, 3.05) is 5.32 Å². The Hall–Kier alpha value is -3.12. The van der Waals surface area contributed by atoms with E-state index in [-0.39, 0.29) is 0 Å². The lowest BCUT2D eigenvalue weighted by Crippen LogP contribution is -2.09. The predicted molar refractivity (Wildman–Crippen MR) is 111 cm³/mol. The van der Waals surface area contributed by atoms with Crippen molar-refractivity contribution in [3.8, 4) is 5.75 Å². The Balaban J connectivity index is 1.61. The summed E-state index contributed by atoms with van der Waals surface area (Å²) in [6.45, 7) is 3.72. The van der Waals surface area contributed by atoms with Gasteiger partial charge in [-0.05, 0) is 51.9 Å². The molecule has 0 spiro atoms. The molecule has 6 nitrogen and oxygen atoms in total. The molecule has 0 fully saturated rings. The average molecular weight is 394 g/mol. The van der Waals surface area contributed by atoms with Crippen LogP contribution in [0, 0.1) is 0 Å². The molecule has 4 aromatic rings. The lowest BCUT2D eigenvalue weighted by Gasteiger charge is -2.15. The number of aryl methyl sites for hydroxylation is 1. The maximum atomic E-state index is 6.16. The molecule has 1 heterocycles. The van der Waals surface area contributed by atoms with E-state index >= 15 is 0 Å². The van der Waals surface area contributed by atoms with Gasteiger partial charge in [-0.3, -0.25) is 0 Å². The number of benzene rings is 3. The third-order valence-electron chi connectivity index (χ3n) is 4.56. The maximum Gasteiger partial charge on any atom is 0.243 e. The number of halogens is 1. The van der Waals surface area contributed by atoms with Crippen LogP contribution in [0.15, 0.2) is 60.7 Å². The number of tetrazole rings is 1.